The van der Waals surface area contributed by atoms with Gasteiger partial charge in [0, 0.05) is 34.8 Å². The van der Waals surface area contributed by atoms with E-state index in [9.17, 15) is 14.7 Å². The van der Waals surface area contributed by atoms with Gasteiger partial charge >= 0.3 is 6.09 Å². The fourth-order valence-corrected chi connectivity index (χ4v) is 5.25. The Morgan fingerprint density at radius 1 is 1.28 bits per heavy atom. The molecule has 29 heavy (non-hydrogen) atoms. The van der Waals surface area contributed by atoms with Crippen molar-refractivity contribution >= 4 is 62.3 Å². The first-order valence-electron chi connectivity index (χ1n) is 8.60. The van der Waals surface area contributed by atoms with Crippen molar-refractivity contribution in [3.05, 3.63) is 50.6 Å². The fourth-order valence-electron chi connectivity index (χ4n) is 3.40. The number of nitrogens with zero attached hydrogens (tertiary/aromatic N) is 2. The number of nitrogens with one attached hydrogen (secondary N) is 1. The number of amides is 2. The predicted octanol–water partition coefficient (Wildman–Crippen LogP) is 4.90. The van der Waals surface area contributed by atoms with E-state index in [1.54, 1.807) is 19.2 Å². The quantitative estimate of drug-likeness (QED) is 0.590. The molecule has 0 fully saturated rings. The van der Waals surface area contributed by atoms with Gasteiger partial charge in [-0.05, 0) is 24.1 Å². The van der Waals surface area contributed by atoms with Crippen LogP contribution < -0.4 is 10.1 Å². The molecule has 7 nitrogen and oxygen atoms in total. The minimum Gasteiger partial charge on any atom is -0.495 e. The topological polar surface area (TPSA) is 91.8 Å². The molecule has 2 N–H and O–H groups in total. The monoisotopic (exact) mass is 451 g/mol. The molecule has 0 saturated heterocycles. The standard InChI is InChI=1S/C19H15Cl2N3O4S/c1-28-13-3-2-10(18(25)23-16-11(20)6-22-7-12(16)21)15-9-4-5-24(19(26)27)8-14(9)29-17(13)15/h2-3,6-7H,4-5,8H2,1H3,(H,26,27)(H,22,23,25). The van der Waals surface area contributed by atoms with Crippen LogP contribution in [-0.4, -0.2) is 40.6 Å². The highest BCUT2D eigenvalue weighted by molar-refractivity contribution is 7.19. The molecule has 0 spiro atoms. The van der Waals surface area contributed by atoms with Crippen molar-refractivity contribution in [3.8, 4) is 5.75 Å². The molecule has 10 heteroatoms. The van der Waals surface area contributed by atoms with Crippen LogP contribution in [0.25, 0.3) is 10.1 Å². The summed E-state index contributed by atoms with van der Waals surface area (Å²) in [5.74, 6) is 0.270. The van der Waals surface area contributed by atoms with E-state index >= 15 is 0 Å². The van der Waals surface area contributed by atoms with Crippen molar-refractivity contribution in [2.24, 2.45) is 0 Å². The first-order valence-corrected chi connectivity index (χ1v) is 10.2. The Morgan fingerprint density at radius 2 is 2.00 bits per heavy atom. The van der Waals surface area contributed by atoms with E-state index in [1.807, 2.05) is 0 Å². The van der Waals surface area contributed by atoms with Crippen LogP contribution in [0, 0.1) is 0 Å². The van der Waals surface area contributed by atoms with Crippen LogP contribution in [0.15, 0.2) is 24.5 Å². The second-order valence-electron chi connectivity index (χ2n) is 6.41. The molecule has 3 aromatic rings. The van der Waals surface area contributed by atoms with Crippen molar-refractivity contribution in [1.29, 1.82) is 0 Å². The van der Waals surface area contributed by atoms with Gasteiger partial charge in [0.2, 0.25) is 0 Å². The van der Waals surface area contributed by atoms with E-state index in [2.05, 4.69) is 10.3 Å². The molecular weight excluding hydrogens is 437 g/mol. The largest absolute Gasteiger partial charge is 0.495 e. The summed E-state index contributed by atoms with van der Waals surface area (Å²) in [6, 6.07) is 3.42. The molecule has 150 valence electrons. The minimum atomic E-state index is -0.958. The third-order valence-corrected chi connectivity index (χ3v) is 6.58. The van der Waals surface area contributed by atoms with Gasteiger partial charge < -0.3 is 20.1 Å². The summed E-state index contributed by atoms with van der Waals surface area (Å²) in [5, 5.41) is 13.3. The molecule has 1 aliphatic heterocycles. The van der Waals surface area contributed by atoms with E-state index in [1.165, 1.54) is 28.6 Å². The Labute approximate surface area is 179 Å². The zero-order valence-electron chi connectivity index (χ0n) is 15.2. The SMILES string of the molecule is COc1ccc(C(=O)Nc2c(Cl)cncc2Cl)c2c3c(sc12)CN(C(=O)O)CC3. The Balaban J connectivity index is 1.81. The molecular formula is C19H15Cl2N3O4S. The van der Waals surface area contributed by atoms with Crippen molar-refractivity contribution in [1.82, 2.24) is 9.88 Å². The highest BCUT2D eigenvalue weighted by Gasteiger charge is 2.28. The highest BCUT2D eigenvalue weighted by Crippen LogP contribution is 2.42. The van der Waals surface area contributed by atoms with E-state index < -0.39 is 6.09 Å². The van der Waals surface area contributed by atoms with E-state index in [0.717, 1.165) is 20.5 Å². The number of pyridine rings is 1. The zero-order valence-corrected chi connectivity index (χ0v) is 17.5. The van der Waals surface area contributed by atoms with Crippen molar-refractivity contribution in [2.45, 2.75) is 13.0 Å². The normalized spacial score (nSPS) is 13.3. The van der Waals surface area contributed by atoms with Crippen LogP contribution in [0.4, 0.5) is 10.5 Å². The summed E-state index contributed by atoms with van der Waals surface area (Å²) in [6.45, 7) is 0.657. The summed E-state index contributed by atoms with van der Waals surface area (Å²) in [5.41, 5.74) is 1.71. The maximum atomic E-state index is 13.1. The number of fused-ring (bicyclic) bond motifs is 3. The molecule has 0 aliphatic carbocycles. The second kappa shape index (κ2) is 7.70. The van der Waals surface area contributed by atoms with Crippen LogP contribution in [0.2, 0.25) is 10.0 Å². The molecule has 0 bridgehead atoms. The number of carbonyl (C=O) groups is 2. The molecule has 2 amide bonds. The first-order chi connectivity index (χ1) is 13.9. The Hall–Kier alpha value is -2.55. The molecule has 1 aromatic carbocycles. The third kappa shape index (κ3) is 3.48. The zero-order chi connectivity index (χ0) is 20.7. The lowest BCUT2D eigenvalue weighted by Crippen LogP contribution is -2.34. The van der Waals surface area contributed by atoms with Gasteiger partial charge in [-0.1, -0.05) is 23.2 Å². The summed E-state index contributed by atoms with van der Waals surface area (Å²) in [6.07, 6.45) is 2.37. The number of methoxy groups -OCH3 is 1. The van der Waals surface area contributed by atoms with Gasteiger partial charge in [0.1, 0.15) is 5.75 Å². The average molecular weight is 452 g/mol. The maximum absolute atomic E-state index is 13.1. The number of ether oxygens (including phenoxy) is 1. The van der Waals surface area contributed by atoms with Crippen molar-refractivity contribution < 1.29 is 19.4 Å². The summed E-state index contributed by atoms with van der Waals surface area (Å²) in [7, 11) is 1.56. The van der Waals surface area contributed by atoms with Crippen LogP contribution in [0.1, 0.15) is 20.8 Å². The van der Waals surface area contributed by atoms with Crippen LogP contribution in [0.5, 0.6) is 5.75 Å². The maximum Gasteiger partial charge on any atom is 0.407 e. The smallest absolute Gasteiger partial charge is 0.407 e. The summed E-state index contributed by atoms with van der Waals surface area (Å²) in [4.78, 5) is 30.6. The highest BCUT2D eigenvalue weighted by atomic mass is 35.5. The molecule has 1 aliphatic rings. The number of hydrogen-bond acceptors (Lipinski definition) is 5. The van der Waals surface area contributed by atoms with Gasteiger partial charge in [0.15, 0.2) is 0 Å². The number of carbonyl (C=O) groups excluding carboxylic acids is 1. The summed E-state index contributed by atoms with van der Waals surface area (Å²) >= 11 is 13.7. The number of benzene rings is 1. The van der Waals surface area contributed by atoms with Gasteiger partial charge in [-0.2, -0.15) is 0 Å². The lowest BCUT2D eigenvalue weighted by Gasteiger charge is -2.24. The first kappa shape index (κ1) is 19.8. The predicted molar refractivity (Wildman–Crippen MR) is 113 cm³/mol. The number of rotatable bonds is 3. The van der Waals surface area contributed by atoms with Gasteiger partial charge in [-0.3, -0.25) is 9.78 Å². The number of hydrogen-bond donors (Lipinski definition) is 2. The van der Waals surface area contributed by atoms with Crippen molar-refractivity contribution in [2.75, 3.05) is 19.0 Å². The molecule has 0 unspecified atom stereocenters. The average Bonchev–Trinajstić information content (AvgIpc) is 3.08. The number of aromatic nitrogens is 1. The molecule has 0 atom stereocenters. The molecule has 3 heterocycles. The van der Waals surface area contributed by atoms with Gasteiger partial charge in [0.25, 0.3) is 5.91 Å². The lowest BCUT2D eigenvalue weighted by molar-refractivity contribution is 0.102. The van der Waals surface area contributed by atoms with Crippen LogP contribution in [0.3, 0.4) is 0 Å². The fraction of sp³-hybridized carbons (Fsp3) is 0.211. The Morgan fingerprint density at radius 3 is 2.66 bits per heavy atom. The van der Waals surface area contributed by atoms with Crippen LogP contribution >= 0.6 is 34.5 Å². The Kier molecular flexibility index (Phi) is 5.24. The van der Waals surface area contributed by atoms with E-state index in [0.29, 0.717) is 30.0 Å². The Bertz CT molecular complexity index is 1130. The molecule has 4 rings (SSSR count). The number of carboxylic acid groups (broad SMARTS) is 1. The number of thiophene rings is 1. The summed E-state index contributed by atoms with van der Waals surface area (Å²) < 4.78 is 6.28. The van der Waals surface area contributed by atoms with Crippen LogP contribution in [-0.2, 0) is 13.0 Å². The van der Waals surface area contributed by atoms with E-state index in [-0.39, 0.29) is 22.5 Å². The van der Waals surface area contributed by atoms with Gasteiger partial charge in [-0.25, -0.2) is 4.79 Å². The van der Waals surface area contributed by atoms with Gasteiger partial charge in [-0.15, -0.1) is 11.3 Å². The second-order valence-corrected chi connectivity index (χ2v) is 8.33. The van der Waals surface area contributed by atoms with E-state index in [4.69, 9.17) is 27.9 Å². The molecule has 2 aromatic heterocycles. The molecule has 0 saturated carbocycles. The van der Waals surface area contributed by atoms with Gasteiger partial charge in [0.05, 0.1) is 34.1 Å². The minimum absolute atomic E-state index is 0.236. The third-order valence-electron chi connectivity index (χ3n) is 4.78. The molecule has 0 radical (unpaired) electrons. The van der Waals surface area contributed by atoms with Crippen molar-refractivity contribution in [3.63, 3.8) is 0 Å². The number of halogens is 2. The lowest BCUT2D eigenvalue weighted by atomic mass is 9.99. The number of anilines is 1.